The Morgan fingerprint density at radius 3 is 2.80 bits per heavy atom. The molecule has 20 heavy (non-hydrogen) atoms. The highest BCUT2D eigenvalue weighted by molar-refractivity contribution is 5.78. The third-order valence-electron chi connectivity index (χ3n) is 3.82. The monoisotopic (exact) mass is 268 g/mol. The summed E-state index contributed by atoms with van der Waals surface area (Å²) in [6, 6.07) is 8.71. The summed E-state index contributed by atoms with van der Waals surface area (Å²) in [5.74, 6) is -0.122. The van der Waals surface area contributed by atoms with Crippen LogP contribution in [0.2, 0.25) is 0 Å². The van der Waals surface area contributed by atoms with E-state index in [1.807, 2.05) is 19.1 Å². The summed E-state index contributed by atoms with van der Waals surface area (Å²) < 4.78 is 14.3. The average molecular weight is 268 g/mol. The highest BCUT2D eigenvalue weighted by atomic mass is 19.1. The Hall–Kier alpha value is -2.09. The molecule has 2 aromatic carbocycles. The van der Waals surface area contributed by atoms with Crippen LogP contribution < -0.4 is 0 Å². The first-order valence-electron chi connectivity index (χ1n) is 6.95. The van der Waals surface area contributed by atoms with Gasteiger partial charge in [0.1, 0.15) is 11.6 Å². The number of fused-ring (bicyclic) bond motifs is 1. The lowest BCUT2D eigenvalue weighted by molar-refractivity contribution is 0.476. The van der Waals surface area contributed by atoms with E-state index in [0.717, 1.165) is 36.0 Å². The molecule has 102 valence electrons. The van der Waals surface area contributed by atoms with Crippen LogP contribution in [0.25, 0.3) is 17.2 Å². The zero-order valence-electron chi connectivity index (χ0n) is 11.5. The normalized spacial score (nSPS) is 13.9. The standard InChI is InChI=1S/C18H17FO/c1-12-7-9-15(16(19)11-12)18-14-6-4-2-3-5-13(14)8-10-17(18)20/h3,5,7-11,20H,2,4,6H2,1H3. The molecule has 0 spiro atoms. The summed E-state index contributed by atoms with van der Waals surface area (Å²) in [6.45, 7) is 1.86. The number of rotatable bonds is 1. The minimum absolute atomic E-state index is 0.154. The first kappa shape index (κ1) is 12.9. The van der Waals surface area contributed by atoms with Gasteiger partial charge < -0.3 is 5.11 Å². The summed E-state index contributed by atoms with van der Waals surface area (Å²) in [5.41, 5.74) is 4.14. The third-order valence-corrected chi connectivity index (χ3v) is 3.82. The molecule has 0 bridgehead atoms. The average Bonchev–Trinajstić information content (AvgIpc) is 2.65. The van der Waals surface area contributed by atoms with Crippen LogP contribution in [0.15, 0.2) is 36.4 Å². The van der Waals surface area contributed by atoms with Gasteiger partial charge in [-0.15, -0.1) is 0 Å². The van der Waals surface area contributed by atoms with Crippen molar-refractivity contribution in [3.63, 3.8) is 0 Å². The Balaban J connectivity index is 2.25. The van der Waals surface area contributed by atoms with Crippen molar-refractivity contribution < 1.29 is 9.50 Å². The van der Waals surface area contributed by atoms with Crippen LogP contribution in [-0.4, -0.2) is 5.11 Å². The predicted molar refractivity (Wildman–Crippen MR) is 80.2 cm³/mol. The van der Waals surface area contributed by atoms with Crippen LogP contribution in [0.5, 0.6) is 5.75 Å². The van der Waals surface area contributed by atoms with Crippen molar-refractivity contribution in [2.24, 2.45) is 0 Å². The van der Waals surface area contributed by atoms with Gasteiger partial charge in [0.15, 0.2) is 0 Å². The number of hydrogen-bond donors (Lipinski definition) is 1. The zero-order valence-corrected chi connectivity index (χ0v) is 11.5. The summed E-state index contributed by atoms with van der Waals surface area (Å²) >= 11 is 0. The third kappa shape index (κ3) is 2.22. The summed E-state index contributed by atoms with van der Waals surface area (Å²) in [6.07, 6.45) is 7.10. The molecule has 0 fully saturated rings. The number of benzene rings is 2. The van der Waals surface area contributed by atoms with Crippen molar-refractivity contribution >= 4 is 6.08 Å². The van der Waals surface area contributed by atoms with Gasteiger partial charge >= 0.3 is 0 Å². The molecular formula is C18H17FO. The lowest BCUT2D eigenvalue weighted by atomic mass is 9.91. The molecule has 1 N–H and O–H groups in total. The minimum Gasteiger partial charge on any atom is -0.507 e. The molecule has 0 atom stereocenters. The number of allylic oxidation sites excluding steroid dienone is 1. The van der Waals surface area contributed by atoms with Crippen molar-refractivity contribution in [1.82, 2.24) is 0 Å². The molecule has 1 nitrogen and oxygen atoms in total. The molecule has 2 heteroatoms. The van der Waals surface area contributed by atoms with Gasteiger partial charge in [0.25, 0.3) is 0 Å². The van der Waals surface area contributed by atoms with Crippen LogP contribution in [0.3, 0.4) is 0 Å². The lowest BCUT2D eigenvalue weighted by Crippen LogP contribution is -1.96. The van der Waals surface area contributed by atoms with E-state index in [9.17, 15) is 9.50 Å². The summed E-state index contributed by atoms with van der Waals surface area (Å²) in [5, 5.41) is 10.2. The van der Waals surface area contributed by atoms with Crippen LogP contribution >= 0.6 is 0 Å². The summed E-state index contributed by atoms with van der Waals surface area (Å²) in [4.78, 5) is 0. The smallest absolute Gasteiger partial charge is 0.131 e. The number of halogens is 1. The lowest BCUT2D eigenvalue weighted by Gasteiger charge is -2.15. The highest BCUT2D eigenvalue weighted by Crippen LogP contribution is 2.38. The first-order chi connectivity index (χ1) is 9.66. The Morgan fingerprint density at radius 2 is 2.00 bits per heavy atom. The fourth-order valence-corrected chi connectivity index (χ4v) is 2.81. The predicted octanol–water partition coefficient (Wildman–Crippen LogP) is 4.86. The molecule has 1 aliphatic rings. The minimum atomic E-state index is -0.276. The van der Waals surface area contributed by atoms with E-state index in [1.54, 1.807) is 12.1 Å². The van der Waals surface area contributed by atoms with E-state index in [0.29, 0.717) is 11.1 Å². The van der Waals surface area contributed by atoms with E-state index in [2.05, 4.69) is 12.2 Å². The van der Waals surface area contributed by atoms with E-state index in [1.165, 1.54) is 6.07 Å². The number of phenolic OH excluding ortho intramolecular Hbond substituents is 1. The SMILES string of the molecule is Cc1ccc(-c2c(O)ccc3c2CCCC=C3)c(F)c1. The number of aromatic hydroxyl groups is 1. The molecule has 0 aliphatic heterocycles. The second kappa shape index (κ2) is 5.12. The van der Waals surface area contributed by atoms with E-state index in [-0.39, 0.29) is 11.6 Å². The molecule has 0 radical (unpaired) electrons. The highest BCUT2D eigenvalue weighted by Gasteiger charge is 2.17. The topological polar surface area (TPSA) is 20.2 Å². The van der Waals surface area contributed by atoms with Crippen molar-refractivity contribution in [2.45, 2.75) is 26.2 Å². The van der Waals surface area contributed by atoms with Gasteiger partial charge in [0, 0.05) is 11.1 Å². The molecule has 2 aromatic rings. The molecule has 3 rings (SSSR count). The second-order valence-electron chi connectivity index (χ2n) is 5.31. The van der Waals surface area contributed by atoms with Gasteiger partial charge in [-0.05, 0) is 55.0 Å². The van der Waals surface area contributed by atoms with Crippen molar-refractivity contribution in [2.75, 3.05) is 0 Å². The maximum Gasteiger partial charge on any atom is 0.131 e. The number of hydrogen-bond acceptors (Lipinski definition) is 1. The van der Waals surface area contributed by atoms with Crippen LogP contribution in [-0.2, 0) is 6.42 Å². The molecule has 0 amide bonds. The maximum absolute atomic E-state index is 14.3. The molecule has 0 aromatic heterocycles. The molecule has 0 saturated heterocycles. The molecule has 0 unspecified atom stereocenters. The fourth-order valence-electron chi connectivity index (χ4n) is 2.81. The van der Waals surface area contributed by atoms with Crippen LogP contribution in [0.1, 0.15) is 29.5 Å². The fraction of sp³-hybridized carbons (Fsp3) is 0.222. The Morgan fingerprint density at radius 1 is 1.15 bits per heavy atom. The van der Waals surface area contributed by atoms with Gasteiger partial charge in [-0.3, -0.25) is 0 Å². The van der Waals surface area contributed by atoms with Crippen molar-refractivity contribution in [3.05, 3.63) is 58.9 Å². The Kier molecular flexibility index (Phi) is 3.31. The molecule has 0 saturated carbocycles. The molecule has 1 aliphatic carbocycles. The van der Waals surface area contributed by atoms with E-state index in [4.69, 9.17) is 0 Å². The van der Waals surface area contributed by atoms with Gasteiger partial charge in [-0.25, -0.2) is 4.39 Å². The van der Waals surface area contributed by atoms with Crippen molar-refractivity contribution in [3.8, 4) is 16.9 Å². The molecule has 0 heterocycles. The quantitative estimate of drug-likeness (QED) is 0.783. The maximum atomic E-state index is 14.3. The Labute approximate surface area is 118 Å². The first-order valence-corrected chi connectivity index (χ1v) is 6.95. The number of aryl methyl sites for hydroxylation is 1. The summed E-state index contributed by atoms with van der Waals surface area (Å²) in [7, 11) is 0. The number of phenols is 1. The van der Waals surface area contributed by atoms with Gasteiger partial charge in [-0.1, -0.05) is 30.4 Å². The second-order valence-corrected chi connectivity index (χ2v) is 5.31. The van der Waals surface area contributed by atoms with Crippen molar-refractivity contribution in [1.29, 1.82) is 0 Å². The van der Waals surface area contributed by atoms with Crippen LogP contribution in [0.4, 0.5) is 4.39 Å². The van der Waals surface area contributed by atoms with Gasteiger partial charge in [0.2, 0.25) is 0 Å². The van der Waals surface area contributed by atoms with E-state index < -0.39 is 0 Å². The Bertz CT molecular complexity index is 686. The largest absolute Gasteiger partial charge is 0.507 e. The van der Waals surface area contributed by atoms with Crippen LogP contribution in [0, 0.1) is 12.7 Å². The van der Waals surface area contributed by atoms with Gasteiger partial charge in [0.05, 0.1) is 0 Å². The van der Waals surface area contributed by atoms with E-state index >= 15 is 0 Å². The van der Waals surface area contributed by atoms with Gasteiger partial charge in [-0.2, -0.15) is 0 Å². The molecular weight excluding hydrogens is 251 g/mol. The zero-order chi connectivity index (χ0) is 14.1.